The van der Waals surface area contributed by atoms with Gasteiger partial charge in [0.05, 0.1) is 6.26 Å². The predicted molar refractivity (Wildman–Crippen MR) is 112 cm³/mol. The van der Waals surface area contributed by atoms with Crippen LogP contribution >= 0.6 is 0 Å². The zero-order valence-electron chi connectivity index (χ0n) is 16.3. The topological polar surface area (TPSA) is 65.8 Å². The summed E-state index contributed by atoms with van der Waals surface area (Å²) in [7, 11) is 0. The molecule has 1 aromatic heterocycles. The Bertz CT molecular complexity index is 1000. The molecule has 148 valence electrons. The standard InChI is InChI=1S/C23H23N3O3/c1-17-6-5-9-19(16-17)24-23(28)26-13-11-25(12-14-26)22(27)21-20(10-15-29-21)18-7-3-2-4-8-18/h2-10,15-16H,11-14H2,1H3,(H,24,28). The number of aryl methyl sites for hydroxylation is 1. The van der Waals surface area contributed by atoms with Crippen molar-refractivity contribution in [1.29, 1.82) is 0 Å². The van der Waals surface area contributed by atoms with Crippen LogP contribution in [0, 0.1) is 6.92 Å². The quantitative estimate of drug-likeness (QED) is 0.728. The number of furan rings is 1. The fourth-order valence-corrected chi connectivity index (χ4v) is 3.50. The lowest BCUT2D eigenvalue weighted by molar-refractivity contribution is 0.0641. The van der Waals surface area contributed by atoms with Gasteiger partial charge in [-0.05, 0) is 36.2 Å². The molecule has 0 saturated carbocycles. The van der Waals surface area contributed by atoms with Gasteiger partial charge in [0.15, 0.2) is 5.76 Å². The summed E-state index contributed by atoms with van der Waals surface area (Å²) in [6.45, 7) is 3.87. The van der Waals surface area contributed by atoms with Gasteiger partial charge in [0.25, 0.3) is 5.91 Å². The number of benzene rings is 2. The zero-order valence-corrected chi connectivity index (χ0v) is 16.3. The van der Waals surface area contributed by atoms with E-state index < -0.39 is 0 Å². The van der Waals surface area contributed by atoms with Gasteiger partial charge in [-0.25, -0.2) is 4.79 Å². The molecule has 0 bridgehead atoms. The van der Waals surface area contributed by atoms with Crippen molar-refractivity contribution < 1.29 is 14.0 Å². The van der Waals surface area contributed by atoms with Crippen molar-refractivity contribution in [3.8, 4) is 11.1 Å². The van der Waals surface area contributed by atoms with E-state index in [4.69, 9.17) is 4.42 Å². The first kappa shape index (κ1) is 18.8. The van der Waals surface area contributed by atoms with Crippen LogP contribution < -0.4 is 5.32 Å². The maximum absolute atomic E-state index is 13.0. The first-order valence-corrected chi connectivity index (χ1v) is 9.66. The number of piperazine rings is 1. The minimum atomic E-state index is -0.148. The van der Waals surface area contributed by atoms with Gasteiger partial charge in [0.2, 0.25) is 0 Å². The van der Waals surface area contributed by atoms with Crippen LogP contribution in [0.1, 0.15) is 16.1 Å². The Hall–Kier alpha value is -3.54. The van der Waals surface area contributed by atoms with Gasteiger partial charge in [0.1, 0.15) is 0 Å². The van der Waals surface area contributed by atoms with Crippen LogP contribution in [0.3, 0.4) is 0 Å². The largest absolute Gasteiger partial charge is 0.459 e. The highest BCUT2D eigenvalue weighted by atomic mass is 16.3. The van der Waals surface area contributed by atoms with Crippen LogP contribution in [-0.4, -0.2) is 47.9 Å². The van der Waals surface area contributed by atoms with Gasteiger partial charge in [-0.15, -0.1) is 0 Å². The second-order valence-electron chi connectivity index (χ2n) is 7.11. The molecule has 6 nitrogen and oxygen atoms in total. The molecule has 6 heteroatoms. The molecule has 1 saturated heterocycles. The van der Waals surface area contributed by atoms with E-state index in [1.807, 2.05) is 67.6 Å². The highest BCUT2D eigenvalue weighted by molar-refractivity contribution is 5.98. The number of hydrogen-bond acceptors (Lipinski definition) is 3. The molecule has 1 N–H and O–H groups in total. The van der Waals surface area contributed by atoms with Crippen LogP contribution in [0.15, 0.2) is 71.3 Å². The molecule has 0 unspecified atom stereocenters. The van der Waals surface area contributed by atoms with Gasteiger partial charge in [-0.3, -0.25) is 4.79 Å². The number of carbonyl (C=O) groups excluding carboxylic acids is 2. The van der Waals surface area contributed by atoms with Crippen LogP contribution in [0.25, 0.3) is 11.1 Å². The summed E-state index contributed by atoms with van der Waals surface area (Å²) >= 11 is 0. The minimum Gasteiger partial charge on any atom is -0.459 e. The third kappa shape index (κ3) is 4.16. The number of anilines is 1. The van der Waals surface area contributed by atoms with Crippen LogP contribution in [0.4, 0.5) is 10.5 Å². The number of nitrogens with zero attached hydrogens (tertiary/aromatic N) is 2. The number of amides is 3. The van der Waals surface area contributed by atoms with E-state index in [0.29, 0.717) is 31.9 Å². The Labute approximate surface area is 169 Å². The summed E-state index contributed by atoms with van der Waals surface area (Å²) < 4.78 is 5.51. The van der Waals surface area contributed by atoms with E-state index in [9.17, 15) is 9.59 Å². The van der Waals surface area contributed by atoms with Crippen molar-refractivity contribution in [2.45, 2.75) is 6.92 Å². The SMILES string of the molecule is Cc1cccc(NC(=O)N2CCN(C(=O)c3occc3-c3ccccc3)CC2)c1. The highest BCUT2D eigenvalue weighted by Crippen LogP contribution is 2.26. The van der Waals surface area contributed by atoms with E-state index in [2.05, 4.69) is 5.32 Å². The van der Waals surface area contributed by atoms with Crippen molar-refractivity contribution in [1.82, 2.24) is 9.80 Å². The Kier molecular flexibility index (Phi) is 5.33. The summed E-state index contributed by atoms with van der Waals surface area (Å²) in [5, 5.41) is 2.92. The van der Waals surface area contributed by atoms with E-state index in [0.717, 1.165) is 22.4 Å². The normalized spacial score (nSPS) is 14.0. The molecule has 0 aliphatic carbocycles. The monoisotopic (exact) mass is 389 g/mol. The Morgan fingerprint density at radius 3 is 2.34 bits per heavy atom. The highest BCUT2D eigenvalue weighted by Gasteiger charge is 2.28. The minimum absolute atomic E-state index is 0.146. The van der Waals surface area contributed by atoms with Crippen molar-refractivity contribution in [3.63, 3.8) is 0 Å². The van der Waals surface area contributed by atoms with E-state index in [1.54, 1.807) is 16.1 Å². The molecule has 0 radical (unpaired) electrons. The zero-order chi connectivity index (χ0) is 20.2. The van der Waals surface area contributed by atoms with Crippen LogP contribution in [-0.2, 0) is 0 Å². The van der Waals surface area contributed by atoms with Crippen molar-refractivity contribution in [2.75, 3.05) is 31.5 Å². The smallest absolute Gasteiger partial charge is 0.321 e. The molecule has 1 fully saturated rings. The Balaban J connectivity index is 1.38. The molecule has 1 aliphatic heterocycles. The third-order valence-electron chi connectivity index (χ3n) is 5.07. The Morgan fingerprint density at radius 1 is 0.897 bits per heavy atom. The molecule has 4 rings (SSSR count). The van der Waals surface area contributed by atoms with Gasteiger partial charge in [0, 0.05) is 37.4 Å². The summed E-state index contributed by atoms with van der Waals surface area (Å²) in [4.78, 5) is 29.0. The predicted octanol–water partition coefficient (Wildman–Crippen LogP) is 4.24. The van der Waals surface area contributed by atoms with E-state index in [-0.39, 0.29) is 11.9 Å². The lowest BCUT2D eigenvalue weighted by atomic mass is 10.1. The van der Waals surface area contributed by atoms with E-state index in [1.165, 1.54) is 0 Å². The number of carbonyl (C=O) groups is 2. The maximum atomic E-state index is 13.0. The summed E-state index contributed by atoms with van der Waals surface area (Å²) in [6, 6.07) is 19.1. The molecule has 2 heterocycles. The van der Waals surface area contributed by atoms with Gasteiger partial charge in [-0.1, -0.05) is 42.5 Å². The average molecular weight is 389 g/mol. The molecule has 2 aromatic carbocycles. The number of urea groups is 1. The Morgan fingerprint density at radius 2 is 1.62 bits per heavy atom. The maximum Gasteiger partial charge on any atom is 0.321 e. The lowest BCUT2D eigenvalue weighted by Gasteiger charge is -2.34. The molecular weight excluding hydrogens is 366 g/mol. The molecule has 0 spiro atoms. The fourth-order valence-electron chi connectivity index (χ4n) is 3.50. The van der Waals surface area contributed by atoms with Crippen LogP contribution in [0.5, 0.6) is 0 Å². The van der Waals surface area contributed by atoms with Crippen LogP contribution in [0.2, 0.25) is 0 Å². The number of hydrogen-bond donors (Lipinski definition) is 1. The van der Waals surface area contributed by atoms with Crippen molar-refractivity contribution in [3.05, 3.63) is 78.3 Å². The summed E-state index contributed by atoms with van der Waals surface area (Å²) in [5.74, 6) is 0.196. The second-order valence-corrected chi connectivity index (χ2v) is 7.11. The van der Waals surface area contributed by atoms with Gasteiger partial charge >= 0.3 is 6.03 Å². The second kappa shape index (κ2) is 8.22. The third-order valence-corrected chi connectivity index (χ3v) is 5.07. The molecular formula is C23H23N3O3. The van der Waals surface area contributed by atoms with Gasteiger partial charge in [-0.2, -0.15) is 0 Å². The molecule has 0 atom stereocenters. The molecule has 3 aromatic rings. The average Bonchev–Trinajstić information content (AvgIpc) is 3.24. The van der Waals surface area contributed by atoms with Gasteiger partial charge < -0.3 is 19.5 Å². The number of nitrogens with one attached hydrogen (secondary N) is 1. The fraction of sp³-hybridized carbons (Fsp3) is 0.217. The van der Waals surface area contributed by atoms with E-state index >= 15 is 0 Å². The molecule has 3 amide bonds. The molecule has 29 heavy (non-hydrogen) atoms. The summed E-state index contributed by atoms with van der Waals surface area (Å²) in [6.07, 6.45) is 1.54. The van der Waals surface area contributed by atoms with Crippen molar-refractivity contribution >= 4 is 17.6 Å². The first-order valence-electron chi connectivity index (χ1n) is 9.66. The number of rotatable bonds is 3. The lowest BCUT2D eigenvalue weighted by Crippen LogP contribution is -2.51. The van der Waals surface area contributed by atoms with Crippen molar-refractivity contribution in [2.24, 2.45) is 0 Å². The molecule has 1 aliphatic rings. The first-order chi connectivity index (χ1) is 14.1. The summed E-state index contributed by atoms with van der Waals surface area (Å²) in [5.41, 5.74) is 3.60.